The number of rotatable bonds is 8. The van der Waals surface area contributed by atoms with Crippen LogP contribution in [-0.4, -0.2) is 44.4 Å². The van der Waals surface area contributed by atoms with Crippen molar-refractivity contribution >= 4 is 22.6 Å². The summed E-state index contributed by atoms with van der Waals surface area (Å²) in [5.41, 5.74) is 6.44. The van der Waals surface area contributed by atoms with Crippen molar-refractivity contribution in [2.75, 3.05) is 13.1 Å². The second-order valence-electron chi connectivity index (χ2n) is 12.1. The van der Waals surface area contributed by atoms with Gasteiger partial charge in [-0.2, -0.15) is 10.1 Å². The topological polar surface area (TPSA) is 78.7 Å². The van der Waals surface area contributed by atoms with Crippen LogP contribution in [0.1, 0.15) is 49.6 Å². The Balaban J connectivity index is 1.32. The molecule has 0 saturated heterocycles. The molecule has 3 heterocycles. The molecule has 8 heteroatoms. The molecule has 0 saturated carbocycles. The van der Waals surface area contributed by atoms with Crippen LogP contribution in [0.25, 0.3) is 22.2 Å². The number of fused-ring (bicyclic) bond motifs is 1. The van der Waals surface area contributed by atoms with Crippen LogP contribution >= 0.6 is 0 Å². The molecule has 0 radical (unpaired) electrons. The van der Waals surface area contributed by atoms with Crippen LogP contribution < -0.4 is 9.47 Å². The predicted octanol–water partition coefficient (Wildman–Crippen LogP) is 7.91. The monoisotopic (exact) mass is 602 g/mol. The Morgan fingerprint density at radius 3 is 2.18 bits per heavy atom. The first-order valence-electron chi connectivity index (χ1n) is 15.3. The van der Waals surface area contributed by atoms with Gasteiger partial charge in [-0.3, -0.25) is 0 Å². The highest BCUT2D eigenvalue weighted by Gasteiger charge is 2.25. The predicted molar refractivity (Wildman–Crippen MR) is 176 cm³/mol. The molecule has 8 nitrogen and oxygen atoms in total. The average molecular weight is 603 g/mol. The molecule has 0 spiro atoms. The van der Waals surface area contributed by atoms with Crippen LogP contribution in [0, 0.1) is 6.92 Å². The van der Waals surface area contributed by atoms with E-state index in [2.05, 4.69) is 18.2 Å². The standard InChI is InChI=1S/C37H38N4O4/c1-26-34-30(29-20-22-40(23-21-29)36(42)45-37(2,3)4)16-11-17-31(34)41(39-26)32-18-19-33(43-24-27-12-7-5-8-13-27)38-35(32)44-25-28-14-9-6-10-15-28/h5-20H,21-25H2,1-4H3. The number of hydrogen-bond donors (Lipinski definition) is 0. The van der Waals surface area contributed by atoms with E-state index in [4.69, 9.17) is 24.3 Å². The van der Waals surface area contributed by atoms with Crippen molar-refractivity contribution in [3.8, 4) is 17.4 Å². The second-order valence-corrected chi connectivity index (χ2v) is 12.1. The van der Waals surface area contributed by atoms with Crippen LogP contribution in [-0.2, 0) is 18.0 Å². The fourth-order valence-electron chi connectivity index (χ4n) is 5.43. The molecule has 1 aliphatic rings. The van der Waals surface area contributed by atoms with Crippen LogP contribution in [0.2, 0.25) is 0 Å². The molecule has 0 atom stereocenters. The first-order chi connectivity index (χ1) is 21.7. The minimum absolute atomic E-state index is 0.285. The summed E-state index contributed by atoms with van der Waals surface area (Å²) in [6, 6.07) is 30.1. The summed E-state index contributed by atoms with van der Waals surface area (Å²) in [5.74, 6) is 0.908. The molecule has 0 aliphatic carbocycles. The maximum atomic E-state index is 12.6. The van der Waals surface area contributed by atoms with Gasteiger partial charge in [-0.25, -0.2) is 9.48 Å². The highest BCUT2D eigenvalue weighted by Crippen LogP contribution is 2.35. The summed E-state index contributed by atoms with van der Waals surface area (Å²) in [6.45, 7) is 9.53. The molecule has 6 rings (SSSR count). The highest BCUT2D eigenvalue weighted by atomic mass is 16.6. The largest absolute Gasteiger partial charge is 0.473 e. The molecule has 0 unspecified atom stereocenters. The molecule has 0 bridgehead atoms. The average Bonchev–Trinajstić information content (AvgIpc) is 3.39. The SMILES string of the molecule is Cc1nn(-c2ccc(OCc3ccccc3)nc2OCc2ccccc2)c2cccc(C3=CCN(C(=O)OC(C)(C)C)CC3)c12. The van der Waals surface area contributed by atoms with E-state index < -0.39 is 5.60 Å². The molecule has 45 heavy (non-hydrogen) atoms. The van der Waals surface area contributed by atoms with E-state index in [0.717, 1.165) is 45.4 Å². The van der Waals surface area contributed by atoms with Gasteiger partial charge in [0.2, 0.25) is 11.8 Å². The molecule has 230 valence electrons. The van der Waals surface area contributed by atoms with E-state index in [1.807, 2.05) is 111 Å². The molecule has 1 aliphatic heterocycles. The minimum atomic E-state index is -0.525. The quantitative estimate of drug-likeness (QED) is 0.180. The lowest BCUT2D eigenvalue weighted by Crippen LogP contribution is -2.39. The zero-order valence-electron chi connectivity index (χ0n) is 26.2. The smallest absolute Gasteiger partial charge is 0.410 e. The van der Waals surface area contributed by atoms with E-state index in [1.165, 1.54) is 5.57 Å². The normalized spacial score (nSPS) is 13.4. The summed E-state index contributed by atoms with van der Waals surface area (Å²) in [5, 5.41) is 6.04. The van der Waals surface area contributed by atoms with E-state index >= 15 is 0 Å². The number of hydrogen-bond acceptors (Lipinski definition) is 6. The van der Waals surface area contributed by atoms with Gasteiger partial charge in [0.25, 0.3) is 0 Å². The van der Waals surface area contributed by atoms with E-state index in [1.54, 1.807) is 4.90 Å². The van der Waals surface area contributed by atoms with E-state index in [9.17, 15) is 4.79 Å². The highest BCUT2D eigenvalue weighted by molar-refractivity contribution is 5.95. The Kier molecular flexibility index (Phi) is 8.56. The second kappa shape index (κ2) is 12.9. The third-order valence-electron chi connectivity index (χ3n) is 7.58. The van der Waals surface area contributed by atoms with Gasteiger partial charge >= 0.3 is 6.09 Å². The number of carbonyl (C=O) groups is 1. The first-order valence-corrected chi connectivity index (χ1v) is 15.3. The van der Waals surface area contributed by atoms with Crippen molar-refractivity contribution in [1.82, 2.24) is 19.7 Å². The van der Waals surface area contributed by atoms with Gasteiger partial charge < -0.3 is 19.1 Å². The van der Waals surface area contributed by atoms with Crippen LogP contribution in [0.3, 0.4) is 0 Å². The number of pyridine rings is 1. The maximum Gasteiger partial charge on any atom is 0.410 e. The lowest BCUT2D eigenvalue weighted by atomic mass is 9.95. The number of aromatic nitrogens is 3. The number of nitrogens with zero attached hydrogens (tertiary/aromatic N) is 4. The number of aryl methyl sites for hydroxylation is 1. The lowest BCUT2D eigenvalue weighted by molar-refractivity contribution is 0.0270. The Morgan fingerprint density at radius 1 is 0.844 bits per heavy atom. The third kappa shape index (κ3) is 7.01. The van der Waals surface area contributed by atoms with Crippen molar-refractivity contribution in [3.63, 3.8) is 0 Å². The van der Waals surface area contributed by atoms with E-state index in [0.29, 0.717) is 38.1 Å². The van der Waals surface area contributed by atoms with Gasteiger partial charge in [-0.1, -0.05) is 78.9 Å². The summed E-state index contributed by atoms with van der Waals surface area (Å²) < 4.78 is 19.9. The lowest BCUT2D eigenvalue weighted by Gasteiger charge is -2.29. The molecular formula is C37H38N4O4. The molecule has 0 fully saturated rings. The van der Waals surface area contributed by atoms with Crippen molar-refractivity contribution in [2.24, 2.45) is 0 Å². The van der Waals surface area contributed by atoms with E-state index in [-0.39, 0.29) is 6.09 Å². The Bertz CT molecular complexity index is 1820. The van der Waals surface area contributed by atoms with Crippen LogP contribution in [0.4, 0.5) is 4.79 Å². The van der Waals surface area contributed by atoms with Crippen LogP contribution in [0.5, 0.6) is 11.8 Å². The van der Waals surface area contributed by atoms with Crippen molar-refractivity contribution in [3.05, 3.63) is 119 Å². The maximum absolute atomic E-state index is 12.6. The van der Waals surface area contributed by atoms with Gasteiger partial charge in [-0.05, 0) is 68.5 Å². The van der Waals surface area contributed by atoms with Crippen molar-refractivity contribution in [2.45, 2.75) is 52.9 Å². The molecule has 2 aromatic heterocycles. The molecule has 1 amide bonds. The molecule has 0 N–H and O–H groups in total. The van der Waals surface area contributed by atoms with Gasteiger partial charge in [0, 0.05) is 24.5 Å². The Labute approximate surface area is 263 Å². The molecule has 3 aromatic carbocycles. The Hall–Kier alpha value is -5.11. The number of ether oxygens (including phenoxy) is 3. The van der Waals surface area contributed by atoms with Crippen LogP contribution in [0.15, 0.2) is 97.1 Å². The van der Waals surface area contributed by atoms with Gasteiger partial charge in [0.15, 0.2) is 0 Å². The third-order valence-corrected chi connectivity index (χ3v) is 7.58. The molecule has 5 aromatic rings. The summed E-state index contributed by atoms with van der Waals surface area (Å²) in [7, 11) is 0. The zero-order valence-corrected chi connectivity index (χ0v) is 26.2. The summed E-state index contributed by atoms with van der Waals surface area (Å²) in [6.07, 6.45) is 2.56. The summed E-state index contributed by atoms with van der Waals surface area (Å²) >= 11 is 0. The fourth-order valence-corrected chi connectivity index (χ4v) is 5.43. The number of benzene rings is 3. The first kappa shape index (κ1) is 29.9. The number of amides is 1. The van der Waals surface area contributed by atoms with Crippen molar-refractivity contribution in [1.29, 1.82) is 0 Å². The van der Waals surface area contributed by atoms with Gasteiger partial charge in [0.1, 0.15) is 24.5 Å². The zero-order chi connectivity index (χ0) is 31.4. The fraction of sp³-hybridized carbons (Fsp3) is 0.270. The summed E-state index contributed by atoms with van der Waals surface area (Å²) in [4.78, 5) is 19.2. The van der Waals surface area contributed by atoms with Gasteiger partial charge in [0.05, 0.1) is 11.2 Å². The van der Waals surface area contributed by atoms with Crippen molar-refractivity contribution < 1.29 is 19.0 Å². The van der Waals surface area contributed by atoms with Gasteiger partial charge in [-0.15, -0.1) is 0 Å². The number of carbonyl (C=O) groups excluding carboxylic acids is 1. The Morgan fingerprint density at radius 2 is 1.53 bits per heavy atom. The molecular weight excluding hydrogens is 564 g/mol. The minimum Gasteiger partial charge on any atom is -0.473 e.